The van der Waals surface area contributed by atoms with E-state index >= 15 is 0 Å². The lowest BCUT2D eigenvalue weighted by Crippen LogP contribution is -2.45. The summed E-state index contributed by atoms with van der Waals surface area (Å²) in [5.41, 5.74) is 0.532. The van der Waals surface area contributed by atoms with Gasteiger partial charge < -0.3 is 10.4 Å². The number of aliphatic hydroxyl groups is 1. The average Bonchev–Trinajstić information content (AvgIpc) is 2.15. The molecular formula is C13H27NO. The molecule has 0 aromatic rings. The zero-order chi connectivity index (χ0) is 11.5. The van der Waals surface area contributed by atoms with Gasteiger partial charge in [-0.25, -0.2) is 0 Å². The molecule has 0 spiro atoms. The van der Waals surface area contributed by atoms with Crippen LogP contribution in [-0.4, -0.2) is 23.8 Å². The Morgan fingerprint density at radius 3 is 2.20 bits per heavy atom. The van der Waals surface area contributed by atoms with Gasteiger partial charge in [0.1, 0.15) is 0 Å². The summed E-state index contributed by atoms with van der Waals surface area (Å²) < 4.78 is 0. The normalized spacial score (nSPS) is 24.4. The summed E-state index contributed by atoms with van der Waals surface area (Å²) in [5.74, 6) is 0.518. The summed E-state index contributed by atoms with van der Waals surface area (Å²) in [6.07, 6.45) is 5.13. The van der Waals surface area contributed by atoms with E-state index in [1.807, 2.05) is 0 Å². The van der Waals surface area contributed by atoms with Gasteiger partial charge in [0.25, 0.3) is 0 Å². The van der Waals surface area contributed by atoms with E-state index < -0.39 is 0 Å². The fourth-order valence-corrected chi connectivity index (χ4v) is 2.32. The Labute approximate surface area is 94.5 Å². The third kappa shape index (κ3) is 4.12. The number of aliphatic hydroxyl groups excluding tert-OH is 1. The van der Waals surface area contributed by atoms with Crippen LogP contribution in [0.25, 0.3) is 0 Å². The first kappa shape index (κ1) is 13.0. The lowest BCUT2D eigenvalue weighted by Gasteiger charge is -2.37. The van der Waals surface area contributed by atoms with Crippen molar-refractivity contribution < 1.29 is 5.11 Å². The largest absolute Gasteiger partial charge is 0.395 e. The second-order valence-electron chi connectivity index (χ2n) is 6.14. The van der Waals surface area contributed by atoms with E-state index in [0.717, 1.165) is 0 Å². The van der Waals surface area contributed by atoms with E-state index in [4.69, 9.17) is 0 Å². The Bertz CT molecular complexity index is 179. The summed E-state index contributed by atoms with van der Waals surface area (Å²) in [4.78, 5) is 0. The van der Waals surface area contributed by atoms with Crippen molar-refractivity contribution in [3.63, 3.8) is 0 Å². The number of hydrogen-bond acceptors (Lipinski definition) is 2. The summed E-state index contributed by atoms with van der Waals surface area (Å²) in [5, 5.41) is 12.9. The molecule has 0 aromatic heterocycles. The van der Waals surface area contributed by atoms with E-state index in [1.165, 1.54) is 25.7 Å². The highest BCUT2D eigenvalue weighted by Gasteiger charge is 2.28. The van der Waals surface area contributed by atoms with Crippen LogP contribution in [0, 0.1) is 11.3 Å². The van der Waals surface area contributed by atoms with Gasteiger partial charge in [-0.1, -0.05) is 27.7 Å². The van der Waals surface area contributed by atoms with Gasteiger partial charge in [-0.15, -0.1) is 0 Å². The van der Waals surface area contributed by atoms with Gasteiger partial charge in [-0.3, -0.25) is 0 Å². The van der Waals surface area contributed by atoms with Crippen molar-refractivity contribution in [1.29, 1.82) is 0 Å². The molecule has 2 heteroatoms. The predicted molar refractivity (Wildman–Crippen MR) is 64.9 cm³/mol. The van der Waals surface area contributed by atoms with Gasteiger partial charge in [0.15, 0.2) is 0 Å². The summed E-state index contributed by atoms with van der Waals surface area (Å²) >= 11 is 0. The van der Waals surface area contributed by atoms with Gasteiger partial charge in [-0.05, 0) is 37.0 Å². The fourth-order valence-electron chi connectivity index (χ4n) is 2.32. The Hall–Kier alpha value is -0.0800. The van der Waals surface area contributed by atoms with Crippen molar-refractivity contribution in [2.75, 3.05) is 6.61 Å². The third-order valence-electron chi connectivity index (χ3n) is 3.79. The zero-order valence-electron chi connectivity index (χ0n) is 10.7. The average molecular weight is 213 g/mol. The van der Waals surface area contributed by atoms with Crippen molar-refractivity contribution in [3.8, 4) is 0 Å². The van der Waals surface area contributed by atoms with Crippen molar-refractivity contribution in [2.45, 2.75) is 65.5 Å². The maximum Gasteiger partial charge on any atom is 0.0587 e. The monoisotopic (exact) mass is 213 g/mol. The lowest BCUT2D eigenvalue weighted by atomic mass is 9.75. The van der Waals surface area contributed by atoms with Crippen molar-refractivity contribution in [1.82, 2.24) is 5.32 Å². The van der Waals surface area contributed by atoms with E-state index in [-0.39, 0.29) is 12.6 Å². The first-order valence-electron chi connectivity index (χ1n) is 6.31. The van der Waals surface area contributed by atoms with Crippen LogP contribution < -0.4 is 5.32 Å². The van der Waals surface area contributed by atoms with Crippen LogP contribution in [0.4, 0.5) is 0 Å². The molecule has 15 heavy (non-hydrogen) atoms. The molecule has 1 aliphatic carbocycles. The summed E-state index contributed by atoms with van der Waals surface area (Å²) in [6, 6.07) is 0.897. The molecule has 1 atom stereocenters. The number of rotatable bonds is 4. The fraction of sp³-hybridized carbons (Fsp3) is 1.00. The van der Waals surface area contributed by atoms with Gasteiger partial charge in [-0.2, -0.15) is 0 Å². The van der Waals surface area contributed by atoms with Crippen molar-refractivity contribution in [2.24, 2.45) is 11.3 Å². The molecule has 0 aliphatic heterocycles. The van der Waals surface area contributed by atoms with Gasteiger partial charge in [0, 0.05) is 12.1 Å². The van der Waals surface area contributed by atoms with E-state index in [2.05, 4.69) is 33.0 Å². The molecule has 2 nitrogen and oxygen atoms in total. The van der Waals surface area contributed by atoms with Gasteiger partial charge in [0.05, 0.1) is 6.61 Å². The number of hydrogen-bond donors (Lipinski definition) is 2. The molecule has 90 valence electrons. The number of nitrogens with one attached hydrogen (secondary N) is 1. The minimum Gasteiger partial charge on any atom is -0.395 e. The second-order valence-corrected chi connectivity index (χ2v) is 6.14. The molecule has 1 aliphatic rings. The molecule has 0 aromatic carbocycles. The molecular weight excluding hydrogens is 186 g/mol. The summed E-state index contributed by atoms with van der Waals surface area (Å²) in [7, 11) is 0. The molecule has 1 fully saturated rings. The predicted octanol–water partition coefficient (Wildman–Crippen LogP) is 2.56. The van der Waals surface area contributed by atoms with E-state index in [1.54, 1.807) is 0 Å². The Balaban J connectivity index is 2.34. The molecule has 0 radical (unpaired) electrons. The molecule has 1 saturated carbocycles. The highest BCUT2D eigenvalue weighted by atomic mass is 16.3. The summed E-state index contributed by atoms with van der Waals surface area (Å²) in [6.45, 7) is 9.31. The molecule has 0 bridgehead atoms. The van der Waals surface area contributed by atoms with E-state index in [0.29, 0.717) is 17.4 Å². The molecule has 0 heterocycles. The minimum absolute atomic E-state index is 0.261. The SMILES string of the molecule is CC(C)C(CO)NC1CCC(C)(C)CC1. The quantitative estimate of drug-likeness (QED) is 0.752. The standard InChI is InChI=1S/C13H27NO/c1-10(2)12(9-15)14-11-5-7-13(3,4)8-6-11/h10-12,14-15H,5-9H2,1-4H3. The molecule has 0 amide bonds. The Morgan fingerprint density at radius 1 is 1.27 bits per heavy atom. The van der Waals surface area contributed by atoms with Crippen LogP contribution in [0.15, 0.2) is 0 Å². The van der Waals surface area contributed by atoms with Crippen molar-refractivity contribution in [3.05, 3.63) is 0 Å². The molecule has 2 N–H and O–H groups in total. The van der Waals surface area contributed by atoms with Crippen molar-refractivity contribution >= 4 is 0 Å². The van der Waals surface area contributed by atoms with Crippen LogP contribution in [0.3, 0.4) is 0 Å². The van der Waals surface area contributed by atoms with Crippen LogP contribution in [0.1, 0.15) is 53.4 Å². The highest BCUT2D eigenvalue weighted by Crippen LogP contribution is 2.35. The second kappa shape index (κ2) is 5.31. The van der Waals surface area contributed by atoms with Crippen LogP contribution >= 0.6 is 0 Å². The maximum absolute atomic E-state index is 9.27. The first-order valence-corrected chi connectivity index (χ1v) is 6.31. The highest BCUT2D eigenvalue weighted by molar-refractivity contribution is 4.84. The van der Waals surface area contributed by atoms with E-state index in [9.17, 15) is 5.11 Å². The van der Waals surface area contributed by atoms with Crippen LogP contribution in [0.2, 0.25) is 0 Å². The van der Waals surface area contributed by atoms with Gasteiger partial charge >= 0.3 is 0 Å². The topological polar surface area (TPSA) is 32.3 Å². The molecule has 1 rings (SSSR count). The minimum atomic E-state index is 0.261. The molecule has 1 unspecified atom stereocenters. The lowest BCUT2D eigenvalue weighted by molar-refractivity contribution is 0.157. The molecule has 0 saturated heterocycles. The van der Waals surface area contributed by atoms with Crippen LogP contribution in [-0.2, 0) is 0 Å². The smallest absolute Gasteiger partial charge is 0.0587 e. The zero-order valence-corrected chi connectivity index (χ0v) is 10.7. The third-order valence-corrected chi connectivity index (χ3v) is 3.79. The Kier molecular flexibility index (Phi) is 4.60. The van der Waals surface area contributed by atoms with Crippen LogP contribution in [0.5, 0.6) is 0 Å². The maximum atomic E-state index is 9.27. The first-order chi connectivity index (χ1) is 6.94. The van der Waals surface area contributed by atoms with Gasteiger partial charge in [0.2, 0.25) is 0 Å². The Morgan fingerprint density at radius 2 is 1.80 bits per heavy atom.